The first-order chi connectivity index (χ1) is 13.2. The van der Waals surface area contributed by atoms with Gasteiger partial charge in [-0.15, -0.1) is 0 Å². The van der Waals surface area contributed by atoms with E-state index in [1.807, 2.05) is 48.5 Å². The summed E-state index contributed by atoms with van der Waals surface area (Å²) in [6.07, 6.45) is 1.67. The average molecular weight is 359 g/mol. The molecule has 0 radical (unpaired) electrons. The molecular formula is C22H17NO4. The first kappa shape index (κ1) is 16.8. The van der Waals surface area contributed by atoms with Crippen LogP contribution in [0.2, 0.25) is 0 Å². The molecule has 3 aromatic carbocycles. The van der Waals surface area contributed by atoms with Crippen molar-refractivity contribution in [2.24, 2.45) is 4.99 Å². The number of carbonyl (C=O) groups is 1. The molecule has 5 nitrogen and oxygen atoms in total. The maximum atomic E-state index is 12.2. The van der Waals surface area contributed by atoms with Crippen LogP contribution in [0.5, 0.6) is 11.5 Å². The van der Waals surface area contributed by atoms with Gasteiger partial charge in [0.2, 0.25) is 5.90 Å². The SMILES string of the molecule is COc1ccc(/C=C2/N=C(c3ccc4ccccc4c3)OC2=O)cc1OC. The molecule has 0 fully saturated rings. The lowest BCUT2D eigenvalue weighted by atomic mass is 10.1. The average Bonchev–Trinajstić information content (AvgIpc) is 3.07. The summed E-state index contributed by atoms with van der Waals surface area (Å²) in [7, 11) is 3.14. The van der Waals surface area contributed by atoms with E-state index in [2.05, 4.69) is 4.99 Å². The van der Waals surface area contributed by atoms with Crippen molar-refractivity contribution in [1.29, 1.82) is 0 Å². The molecule has 0 atom stereocenters. The molecule has 0 saturated carbocycles. The van der Waals surface area contributed by atoms with Crippen LogP contribution in [0.3, 0.4) is 0 Å². The third-order valence-electron chi connectivity index (χ3n) is 4.33. The molecule has 4 rings (SSSR count). The van der Waals surface area contributed by atoms with E-state index in [0.29, 0.717) is 17.4 Å². The Morgan fingerprint density at radius 2 is 1.67 bits per heavy atom. The first-order valence-electron chi connectivity index (χ1n) is 8.42. The zero-order valence-electron chi connectivity index (χ0n) is 14.9. The van der Waals surface area contributed by atoms with E-state index < -0.39 is 5.97 Å². The fourth-order valence-electron chi connectivity index (χ4n) is 2.96. The van der Waals surface area contributed by atoms with Crippen LogP contribution < -0.4 is 9.47 Å². The number of hydrogen-bond donors (Lipinski definition) is 0. The Bertz CT molecular complexity index is 1100. The number of aliphatic imine (C=N–C) groups is 1. The van der Waals surface area contributed by atoms with Gasteiger partial charge in [-0.3, -0.25) is 0 Å². The van der Waals surface area contributed by atoms with Gasteiger partial charge in [-0.1, -0.05) is 36.4 Å². The highest BCUT2D eigenvalue weighted by atomic mass is 16.6. The van der Waals surface area contributed by atoms with E-state index in [-0.39, 0.29) is 5.70 Å². The Hall–Kier alpha value is -3.60. The fourth-order valence-corrected chi connectivity index (χ4v) is 2.96. The number of ether oxygens (including phenoxy) is 3. The second kappa shape index (κ2) is 6.96. The highest BCUT2D eigenvalue weighted by Crippen LogP contribution is 2.29. The van der Waals surface area contributed by atoms with Gasteiger partial charge in [0, 0.05) is 5.56 Å². The van der Waals surface area contributed by atoms with Crippen LogP contribution in [0.4, 0.5) is 0 Å². The van der Waals surface area contributed by atoms with E-state index in [4.69, 9.17) is 14.2 Å². The number of esters is 1. The molecule has 134 valence electrons. The summed E-state index contributed by atoms with van der Waals surface area (Å²) in [5.41, 5.74) is 1.77. The van der Waals surface area contributed by atoms with Gasteiger partial charge in [0.15, 0.2) is 17.2 Å². The van der Waals surface area contributed by atoms with E-state index in [0.717, 1.165) is 21.9 Å². The molecule has 1 heterocycles. The Labute approximate surface area is 156 Å². The van der Waals surface area contributed by atoms with E-state index in [1.165, 1.54) is 0 Å². The monoisotopic (exact) mass is 359 g/mol. The zero-order valence-corrected chi connectivity index (χ0v) is 14.9. The van der Waals surface area contributed by atoms with Gasteiger partial charge in [-0.25, -0.2) is 9.79 Å². The number of benzene rings is 3. The predicted molar refractivity (Wildman–Crippen MR) is 104 cm³/mol. The Morgan fingerprint density at radius 3 is 2.44 bits per heavy atom. The predicted octanol–water partition coefficient (Wildman–Crippen LogP) is 4.20. The van der Waals surface area contributed by atoms with Crippen LogP contribution in [0, 0.1) is 0 Å². The molecule has 0 saturated heterocycles. The molecule has 0 bridgehead atoms. The first-order valence-corrected chi connectivity index (χ1v) is 8.42. The van der Waals surface area contributed by atoms with Crippen LogP contribution in [0.25, 0.3) is 16.8 Å². The number of nitrogens with zero attached hydrogens (tertiary/aromatic N) is 1. The maximum absolute atomic E-state index is 12.2. The quantitative estimate of drug-likeness (QED) is 0.517. The summed E-state index contributed by atoms with van der Waals surface area (Å²) in [5.74, 6) is 1.02. The molecule has 0 N–H and O–H groups in total. The zero-order chi connectivity index (χ0) is 18.8. The number of fused-ring (bicyclic) bond motifs is 1. The summed E-state index contributed by atoms with van der Waals surface area (Å²) < 4.78 is 15.9. The Morgan fingerprint density at radius 1 is 0.889 bits per heavy atom. The van der Waals surface area contributed by atoms with Crippen molar-refractivity contribution in [2.45, 2.75) is 0 Å². The topological polar surface area (TPSA) is 57.1 Å². The van der Waals surface area contributed by atoms with Crippen LogP contribution in [-0.4, -0.2) is 26.1 Å². The lowest BCUT2D eigenvalue weighted by molar-refractivity contribution is -0.129. The summed E-state index contributed by atoms with van der Waals surface area (Å²) in [4.78, 5) is 16.6. The smallest absolute Gasteiger partial charge is 0.363 e. The standard InChI is InChI=1S/C22H17NO4/c1-25-19-10-7-14(12-20(19)26-2)11-18-22(24)27-21(23-18)17-9-8-15-5-3-4-6-16(15)13-17/h3-13H,1-2H3/b18-11+. The van der Waals surface area contributed by atoms with Crippen LogP contribution in [-0.2, 0) is 9.53 Å². The minimum atomic E-state index is -0.479. The van der Waals surface area contributed by atoms with Crippen molar-refractivity contribution in [2.75, 3.05) is 14.2 Å². The molecule has 0 spiro atoms. The molecule has 0 aromatic heterocycles. The molecule has 1 aliphatic rings. The normalized spacial score (nSPS) is 15.0. The van der Waals surface area contributed by atoms with E-state index >= 15 is 0 Å². The van der Waals surface area contributed by atoms with Crippen molar-refractivity contribution in [1.82, 2.24) is 0 Å². The second-order valence-electron chi connectivity index (χ2n) is 6.01. The Balaban J connectivity index is 1.68. The number of carbonyl (C=O) groups excluding carboxylic acids is 1. The highest BCUT2D eigenvalue weighted by Gasteiger charge is 2.24. The van der Waals surface area contributed by atoms with Gasteiger partial charge in [0.1, 0.15) is 0 Å². The summed E-state index contributed by atoms with van der Waals surface area (Å²) >= 11 is 0. The van der Waals surface area contributed by atoms with E-state index in [9.17, 15) is 4.79 Å². The largest absolute Gasteiger partial charge is 0.493 e. The van der Waals surface area contributed by atoms with Crippen molar-refractivity contribution in [3.63, 3.8) is 0 Å². The number of rotatable bonds is 4. The van der Waals surface area contributed by atoms with Crippen molar-refractivity contribution >= 4 is 28.7 Å². The van der Waals surface area contributed by atoms with Crippen LogP contribution in [0.1, 0.15) is 11.1 Å². The molecule has 0 aliphatic carbocycles. The van der Waals surface area contributed by atoms with Gasteiger partial charge in [-0.2, -0.15) is 0 Å². The van der Waals surface area contributed by atoms with Crippen LogP contribution in [0.15, 0.2) is 71.4 Å². The summed E-state index contributed by atoms with van der Waals surface area (Å²) in [6.45, 7) is 0. The van der Waals surface area contributed by atoms with Gasteiger partial charge in [0.05, 0.1) is 14.2 Å². The van der Waals surface area contributed by atoms with Gasteiger partial charge in [-0.05, 0) is 46.7 Å². The molecule has 0 amide bonds. The van der Waals surface area contributed by atoms with Crippen molar-refractivity contribution < 1.29 is 19.0 Å². The molecule has 5 heteroatoms. The third-order valence-corrected chi connectivity index (χ3v) is 4.33. The second-order valence-corrected chi connectivity index (χ2v) is 6.01. The van der Waals surface area contributed by atoms with E-state index in [1.54, 1.807) is 32.4 Å². The number of cyclic esters (lactones) is 1. The van der Waals surface area contributed by atoms with Gasteiger partial charge >= 0.3 is 5.97 Å². The summed E-state index contributed by atoms with van der Waals surface area (Å²) in [6, 6.07) is 19.2. The minimum absolute atomic E-state index is 0.241. The van der Waals surface area contributed by atoms with Gasteiger partial charge < -0.3 is 14.2 Å². The van der Waals surface area contributed by atoms with Gasteiger partial charge in [0.25, 0.3) is 0 Å². The lowest BCUT2D eigenvalue weighted by Crippen LogP contribution is -2.05. The summed E-state index contributed by atoms with van der Waals surface area (Å²) in [5, 5.41) is 2.18. The fraction of sp³-hybridized carbons (Fsp3) is 0.0909. The lowest BCUT2D eigenvalue weighted by Gasteiger charge is -2.07. The molecule has 1 aliphatic heterocycles. The highest BCUT2D eigenvalue weighted by molar-refractivity contribution is 6.13. The number of hydrogen-bond acceptors (Lipinski definition) is 5. The number of methoxy groups -OCH3 is 2. The van der Waals surface area contributed by atoms with Crippen molar-refractivity contribution in [3.05, 3.63) is 77.5 Å². The maximum Gasteiger partial charge on any atom is 0.363 e. The third kappa shape index (κ3) is 3.27. The molecule has 3 aromatic rings. The molecule has 0 unspecified atom stereocenters. The molecular weight excluding hydrogens is 342 g/mol. The minimum Gasteiger partial charge on any atom is -0.493 e. The molecule has 27 heavy (non-hydrogen) atoms. The van der Waals surface area contributed by atoms with Crippen LogP contribution >= 0.6 is 0 Å². The Kier molecular flexibility index (Phi) is 4.34. The van der Waals surface area contributed by atoms with Crippen molar-refractivity contribution in [3.8, 4) is 11.5 Å².